The summed E-state index contributed by atoms with van der Waals surface area (Å²) in [5.41, 5.74) is -0.500. The molecule has 0 unspecified atom stereocenters. The normalized spacial score (nSPS) is 9.72. The van der Waals surface area contributed by atoms with E-state index in [1.165, 1.54) is 12.1 Å². The lowest BCUT2D eigenvalue weighted by molar-refractivity contribution is 0.146. The molecule has 0 saturated carbocycles. The van der Waals surface area contributed by atoms with E-state index in [1.807, 2.05) is 33.8 Å². The molecule has 0 aliphatic heterocycles. The van der Waals surface area contributed by atoms with E-state index in [-0.39, 0.29) is 24.7 Å². The van der Waals surface area contributed by atoms with Crippen molar-refractivity contribution in [1.29, 1.82) is 0 Å². The van der Waals surface area contributed by atoms with E-state index in [9.17, 15) is 13.2 Å². The van der Waals surface area contributed by atoms with Crippen molar-refractivity contribution in [3.05, 3.63) is 63.0 Å². The van der Waals surface area contributed by atoms with Crippen LogP contribution >= 0.6 is 27.5 Å². The standard InChI is InChI=1S/C16H10BrClF3N3.2C2H6.CH4/c17-9-4-5-10-12(6-9)14(18)23-24-16(10)22-7-8-2-1-3-11(13(8)19)15(20)21;2*1-2;/h1-6,15H,7H2,(H,22,24);2*1-2H3;1H4. The van der Waals surface area contributed by atoms with Gasteiger partial charge in [0, 0.05) is 27.4 Å². The Balaban J connectivity index is 0.00000148. The average Bonchev–Trinajstić information content (AvgIpc) is 2.71. The number of rotatable bonds is 4. The van der Waals surface area contributed by atoms with Crippen LogP contribution in [-0.2, 0) is 6.54 Å². The summed E-state index contributed by atoms with van der Waals surface area (Å²) in [6, 6.07) is 9.28. The van der Waals surface area contributed by atoms with Gasteiger partial charge in [0.25, 0.3) is 6.43 Å². The van der Waals surface area contributed by atoms with Gasteiger partial charge in [0.2, 0.25) is 0 Å². The molecule has 0 aliphatic carbocycles. The SMILES string of the molecule is C.CC.CC.Fc1c(CNc2nnc(Cl)c3cc(Br)ccc23)cccc1C(F)F. The summed E-state index contributed by atoms with van der Waals surface area (Å²) in [6.45, 7) is 7.99. The van der Waals surface area contributed by atoms with Crippen molar-refractivity contribution in [3.63, 3.8) is 0 Å². The van der Waals surface area contributed by atoms with Crippen LogP contribution in [0.25, 0.3) is 10.8 Å². The molecular formula is C21H26BrClF3N3. The zero-order valence-corrected chi connectivity index (χ0v) is 18.4. The van der Waals surface area contributed by atoms with Gasteiger partial charge in [-0.2, -0.15) is 0 Å². The first kappa shape index (κ1) is 27.1. The van der Waals surface area contributed by atoms with Gasteiger partial charge < -0.3 is 5.32 Å². The van der Waals surface area contributed by atoms with Crippen LogP contribution in [0.3, 0.4) is 0 Å². The summed E-state index contributed by atoms with van der Waals surface area (Å²) >= 11 is 9.38. The molecule has 0 fully saturated rings. The first-order valence-electron chi connectivity index (χ1n) is 8.88. The Kier molecular flexibility index (Phi) is 12.5. The van der Waals surface area contributed by atoms with E-state index < -0.39 is 17.8 Å². The largest absolute Gasteiger partial charge is 0.364 e. The quantitative estimate of drug-likeness (QED) is 0.397. The molecule has 0 bridgehead atoms. The van der Waals surface area contributed by atoms with Crippen LogP contribution in [0.1, 0.15) is 52.7 Å². The Labute approximate surface area is 183 Å². The van der Waals surface area contributed by atoms with E-state index in [4.69, 9.17) is 11.6 Å². The molecule has 0 saturated heterocycles. The molecule has 160 valence electrons. The Morgan fingerprint density at radius 3 is 2.31 bits per heavy atom. The third-order valence-corrected chi connectivity index (χ3v) is 4.26. The summed E-state index contributed by atoms with van der Waals surface area (Å²) in [5, 5.41) is 12.3. The number of fused-ring (bicyclic) bond motifs is 1. The summed E-state index contributed by atoms with van der Waals surface area (Å²) in [7, 11) is 0. The predicted octanol–water partition coefficient (Wildman–Crippen LogP) is 8.42. The Hall–Kier alpha value is -1.86. The number of hydrogen-bond acceptors (Lipinski definition) is 3. The van der Waals surface area contributed by atoms with Crippen LogP contribution in [0.15, 0.2) is 40.9 Å². The Morgan fingerprint density at radius 2 is 1.69 bits per heavy atom. The van der Waals surface area contributed by atoms with E-state index >= 15 is 0 Å². The Morgan fingerprint density at radius 1 is 1.03 bits per heavy atom. The maximum atomic E-state index is 14.1. The van der Waals surface area contributed by atoms with Crippen molar-refractivity contribution in [3.8, 4) is 0 Å². The summed E-state index contributed by atoms with van der Waals surface area (Å²) in [4.78, 5) is 0. The summed E-state index contributed by atoms with van der Waals surface area (Å²) in [5.74, 6) is -0.530. The zero-order valence-electron chi connectivity index (χ0n) is 16.0. The van der Waals surface area contributed by atoms with Gasteiger partial charge in [-0.05, 0) is 18.2 Å². The van der Waals surface area contributed by atoms with Crippen LogP contribution < -0.4 is 5.32 Å². The molecule has 1 heterocycles. The van der Waals surface area contributed by atoms with Crippen LogP contribution in [0.4, 0.5) is 19.0 Å². The van der Waals surface area contributed by atoms with E-state index in [0.29, 0.717) is 16.6 Å². The third kappa shape index (κ3) is 6.85. The van der Waals surface area contributed by atoms with Crippen LogP contribution in [-0.4, -0.2) is 10.2 Å². The van der Waals surface area contributed by atoms with Crippen LogP contribution in [0.5, 0.6) is 0 Å². The van der Waals surface area contributed by atoms with Gasteiger partial charge in [-0.3, -0.25) is 0 Å². The predicted molar refractivity (Wildman–Crippen MR) is 120 cm³/mol. The van der Waals surface area contributed by atoms with Gasteiger partial charge >= 0.3 is 0 Å². The lowest BCUT2D eigenvalue weighted by atomic mass is 10.1. The molecule has 1 aromatic heterocycles. The van der Waals surface area contributed by atoms with Gasteiger partial charge in [-0.15, -0.1) is 10.2 Å². The fourth-order valence-corrected chi connectivity index (χ4v) is 2.86. The topological polar surface area (TPSA) is 37.8 Å². The van der Waals surface area contributed by atoms with E-state index in [1.54, 1.807) is 12.1 Å². The first-order chi connectivity index (χ1) is 13.5. The summed E-state index contributed by atoms with van der Waals surface area (Å²) in [6.07, 6.45) is -2.86. The molecule has 3 rings (SSSR count). The molecule has 3 nitrogen and oxygen atoms in total. The molecule has 3 aromatic rings. The van der Waals surface area contributed by atoms with Crippen molar-refractivity contribution >= 4 is 44.1 Å². The van der Waals surface area contributed by atoms with Crippen molar-refractivity contribution in [2.75, 3.05) is 5.32 Å². The molecule has 1 N–H and O–H groups in total. The molecular weight excluding hydrogens is 467 g/mol. The maximum absolute atomic E-state index is 14.1. The molecule has 29 heavy (non-hydrogen) atoms. The van der Waals surface area contributed by atoms with E-state index in [0.717, 1.165) is 10.5 Å². The molecule has 0 spiro atoms. The van der Waals surface area contributed by atoms with E-state index in [2.05, 4.69) is 31.4 Å². The third-order valence-electron chi connectivity index (χ3n) is 3.49. The van der Waals surface area contributed by atoms with Crippen molar-refractivity contribution in [2.24, 2.45) is 0 Å². The van der Waals surface area contributed by atoms with Crippen LogP contribution in [0, 0.1) is 5.82 Å². The van der Waals surface area contributed by atoms with Gasteiger partial charge in [0.05, 0.1) is 5.56 Å². The van der Waals surface area contributed by atoms with Crippen molar-refractivity contribution in [2.45, 2.75) is 48.1 Å². The fourth-order valence-electron chi connectivity index (χ4n) is 2.31. The molecule has 0 atom stereocenters. The highest BCUT2D eigenvalue weighted by Crippen LogP contribution is 2.29. The minimum Gasteiger partial charge on any atom is -0.364 e. The first-order valence-corrected chi connectivity index (χ1v) is 10.0. The minimum absolute atomic E-state index is 0. The fraction of sp³-hybridized carbons (Fsp3) is 0.333. The van der Waals surface area contributed by atoms with Gasteiger partial charge in [0.1, 0.15) is 5.82 Å². The molecule has 0 aliphatic rings. The number of benzene rings is 2. The Bertz CT molecular complexity index is 908. The highest BCUT2D eigenvalue weighted by atomic mass is 79.9. The highest BCUT2D eigenvalue weighted by Gasteiger charge is 2.16. The minimum atomic E-state index is -2.86. The monoisotopic (exact) mass is 491 g/mol. The number of hydrogen-bond donors (Lipinski definition) is 1. The highest BCUT2D eigenvalue weighted by molar-refractivity contribution is 9.10. The zero-order chi connectivity index (χ0) is 21.3. The number of nitrogens with one attached hydrogen (secondary N) is 1. The lowest BCUT2D eigenvalue weighted by Gasteiger charge is -2.11. The molecule has 2 aromatic carbocycles. The lowest BCUT2D eigenvalue weighted by Crippen LogP contribution is -2.06. The van der Waals surface area contributed by atoms with Crippen molar-refractivity contribution < 1.29 is 13.2 Å². The number of aromatic nitrogens is 2. The molecule has 0 amide bonds. The number of anilines is 1. The number of halogens is 5. The second kappa shape index (κ2) is 13.4. The molecule has 0 radical (unpaired) electrons. The van der Waals surface area contributed by atoms with Gasteiger partial charge in [0.15, 0.2) is 11.0 Å². The average molecular weight is 493 g/mol. The van der Waals surface area contributed by atoms with Crippen molar-refractivity contribution in [1.82, 2.24) is 10.2 Å². The maximum Gasteiger partial charge on any atom is 0.266 e. The van der Waals surface area contributed by atoms with Gasteiger partial charge in [-0.1, -0.05) is 80.9 Å². The smallest absolute Gasteiger partial charge is 0.266 e. The second-order valence-corrected chi connectivity index (χ2v) is 6.28. The van der Waals surface area contributed by atoms with Gasteiger partial charge in [-0.25, -0.2) is 13.2 Å². The number of nitrogens with zero attached hydrogens (tertiary/aromatic N) is 2. The van der Waals surface area contributed by atoms with Crippen LogP contribution in [0.2, 0.25) is 5.15 Å². The molecule has 8 heteroatoms. The number of alkyl halides is 2. The summed E-state index contributed by atoms with van der Waals surface area (Å²) < 4.78 is 40.4. The second-order valence-electron chi connectivity index (χ2n) is 5.00.